The lowest BCUT2D eigenvalue weighted by Gasteiger charge is -2.14. The lowest BCUT2D eigenvalue weighted by atomic mass is 10.1. The monoisotopic (exact) mass is 314 g/mol. The maximum atomic E-state index is 12.1. The van der Waals surface area contributed by atoms with Crippen LogP contribution >= 0.6 is 0 Å². The first-order valence-corrected chi connectivity index (χ1v) is 7.36. The van der Waals surface area contributed by atoms with Gasteiger partial charge in [-0.3, -0.25) is 14.9 Å². The quantitative estimate of drug-likeness (QED) is 0.627. The Morgan fingerprint density at radius 3 is 2.48 bits per heavy atom. The van der Waals surface area contributed by atoms with Crippen LogP contribution in [0, 0.1) is 17.0 Å². The first kappa shape index (κ1) is 16.6. The summed E-state index contributed by atoms with van der Waals surface area (Å²) in [4.78, 5) is 23.5. The number of amides is 1. The molecular weight excluding hydrogens is 294 g/mol. The van der Waals surface area contributed by atoms with Crippen molar-refractivity contribution in [2.24, 2.45) is 0 Å². The van der Waals surface area contributed by atoms with Gasteiger partial charge < -0.3 is 10.2 Å². The number of hydrogen-bond acceptors (Lipinski definition) is 3. The molecule has 2 aromatic carbocycles. The molecule has 0 radical (unpaired) electrons. The van der Waals surface area contributed by atoms with E-state index in [2.05, 4.69) is 5.32 Å². The molecule has 0 aliphatic heterocycles. The van der Waals surface area contributed by atoms with Gasteiger partial charge in [-0.05, 0) is 25.1 Å². The van der Waals surface area contributed by atoms with Crippen LogP contribution in [0.2, 0.25) is 0 Å². The first-order valence-electron chi connectivity index (χ1n) is 7.36. The number of para-hydroxylation sites is 1. The number of nitrogens with zero attached hydrogens (tertiary/aromatic N) is 1. The van der Waals surface area contributed by atoms with Crippen molar-refractivity contribution < 1.29 is 14.6 Å². The van der Waals surface area contributed by atoms with E-state index in [9.17, 15) is 14.9 Å². The Bertz CT molecular complexity index is 698. The molecule has 2 rings (SSSR count). The van der Waals surface area contributed by atoms with Crippen molar-refractivity contribution in [1.82, 2.24) is 0 Å². The fourth-order valence-corrected chi connectivity index (χ4v) is 2.34. The number of nitrogens with one attached hydrogen (secondary N) is 2. The minimum atomic E-state index is -0.394. The summed E-state index contributed by atoms with van der Waals surface area (Å²) in [5, 5.41) is 13.8. The normalized spacial score (nSPS) is 11.7. The van der Waals surface area contributed by atoms with Gasteiger partial charge in [0.25, 0.3) is 11.6 Å². The molecule has 0 fully saturated rings. The van der Waals surface area contributed by atoms with Crippen LogP contribution in [-0.4, -0.2) is 24.4 Å². The molecule has 0 aromatic heterocycles. The number of aryl methyl sites for hydroxylation is 1. The smallest absolute Gasteiger partial charge is 0.279 e. The van der Waals surface area contributed by atoms with Crippen molar-refractivity contribution in [3.63, 3.8) is 0 Å². The summed E-state index contributed by atoms with van der Waals surface area (Å²) >= 11 is 0. The SMILES string of the molecule is Cc1ccc(NC(=O)C[NH+](C)Cc2ccccc2[N+](=O)[O-])cc1. The number of likely N-dealkylation sites (N-methyl/N-ethyl adjacent to an activating group) is 1. The molecule has 1 unspecified atom stereocenters. The summed E-state index contributed by atoms with van der Waals surface area (Å²) in [6, 6.07) is 14.2. The molecule has 6 nitrogen and oxygen atoms in total. The number of carbonyl (C=O) groups is 1. The van der Waals surface area contributed by atoms with Crippen LogP contribution in [-0.2, 0) is 11.3 Å². The minimum Gasteiger partial charge on any atom is -0.326 e. The van der Waals surface area contributed by atoms with Crippen LogP contribution in [0.15, 0.2) is 48.5 Å². The van der Waals surface area contributed by atoms with Crippen LogP contribution in [0.4, 0.5) is 11.4 Å². The van der Waals surface area contributed by atoms with Gasteiger partial charge >= 0.3 is 0 Å². The highest BCUT2D eigenvalue weighted by molar-refractivity contribution is 5.91. The molecule has 6 heteroatoms. The van der Waals surface area contributed by atoms with Crippen molar-refractivity contribution in [1.29, 1.82) is 0 Å². The Hall–Kier alpha value is -2.73. The number of anilines is 1. The average molecular weight is 314 g/mol. The first-order chi connectivity index (χ1) is 11.0. The fraction of sp³-hybridized carbons (Fsp3) is 0.235. The zero-order valence-corrected chi connectivity index (χ0v) is 13.2. The number of hydrogen-bond donors (Lipinski definition) is 2. The average Bonchev–Trinajstić information content (AvgIpc) is 2.49. The van der Waals surface area contributed by atoms with Gasteiger partial charge in [0.2, 0.25) is 0 Å². The Labute approximate surface area is 134 Å². The van der Waals surface area contributed by atoms with Crippen molar-refractivity contribution in [3.8, 4) is 0 Å². The Kier molecular flexibility index (Phi) is 5.43. The zero-order valence-electron chi connectivity index (χ0n) is 13.2. The summed E-state index contributed by atoms with van der Waals surface area (Å²) in [6.07, 6.45) is 0. The largest absolute Gasteiger partial charge is 0.326 e. The molecule has 2 aromatic rings. The van der Waals surface area contributed by atoms with E-state index in [0.717, 1.165) is 16.2 Å². The van der Waals surface area contributed by atoms with Crippen molar-refractivity contribution in [2.45, 2.75) is 13.5 Å². The summed E-state index contributed by atoms with van der Waals surface area (Å²) in [7, 11) is 1.84. The van der Waals surface area contributed by atoms with E-state index in [4.69, 9.17) is 0 Å². The van der Waals surface area contributed by atoms with Gasteiger partial charge in [-0.1, -0.05) is 29.8 Å². The molecule has 0 saturated carbocycles. The summed E-state index contributed by atoms with van der Waals surface area (Å²) in [6.45, 7) is 2.63. The molecule has 0 spiro atoms. The lowest BCUT2D eigenvalue weighted by molar-refractivity contribution is -0.885. The molecule has 23 heavy (non-hydrogen) atoms. The Morgan fingerprint density at radius 1 is 1.17 bits per heavy atom. The standard InChI is InChI=1S/C17H19N3O3/c1-13-7-9-15(10-8-13)18-17(21)12-19(2)11-14-5-3-4-6-16(14)20(22)23/h3-10H,11-12H2,1-2H3,(H,18,21)/p+1. The van der Waals surface area contributed by atoms with Crippen LogP contribution in [0.5, 0.6) is 0 Å². The van der Waals surface area contributed by atoms with Gasteiger partial charge in [0.15, 0.2) is 6.54 Å². The molecule has 0 bridgehead atoms. The molecule has 120 valence electrons. The third-order valence-corrected chi connectivity index (χ3v) is 3.48. The topological polar surface area (TPSA) is 76.7 Å². The highest BCUT2D eigenvalue weighted by Crippen LogP contribution is 2.16. The highest BCUT2D eigenvalue weighted by atomic mass is 16.6. The van der Waals surface area contributed by atoms with Gasteiger partial charge in [-0.2, -0.15) is 0 Å². The lowest BCUT2D eigenvalue weighted by Crippen LogP contribution is -3.08. The Balaban J connectivity index is 1.94. The van der Waals surface area contributed by atoms with Crippen molar-refractivity contribution >= 4 is 17.3 Å². The summed E-state index contributed by atoms with van der Waals surface area (Å²) < 4.78 is 0. The molecular formula is C17H20N3O3+. The minimum absolute atomic E-state index is 0.0887. The van der Waals surface area contributed by atoms with E-state index in [1.54, 1.807) is 18.2 Å². The summed E-state index contributed by atoms with van der Waals surface area (Å²) in [5.74, 6) is -0.120. The van der Waals surface area contributed by atoms with Crippen LogP contribution in [0.1, 0.15) is 11.1 Å². The molecule has 0 saturated heterocycles. The van der Waals surface area contributed by atoms with Gasteiger partial charge in [-0.25, -0.2) is 0 Å². The Morgan fingerprint density at radius 2 is 1.83 bits per heavy atom. The molecule has 0 aliphatic rings. The predicted molar refractivity (Wildman–Crippen MR) is 88.4 cm³/mol. The van der Waals surface area contributed by atoms with E-state index in [0.29, 0.717) is 12.1 Å². The third kappa shape index (κ3) is 4.89. The highest BCUT2D eigenvalue weighted by Gasteiger charge is 2.17. The van der Waals surface area contributed by atoms with Crippen LogP contribution in [0.25, 0.3) is 0 Å². The maximum Gasteiger partial charge on any atom is 0.279 e. The van der Waals surface area contributed by atoms with E-state index in [-0.39, 0.29) is 18.1 Å². The van der Waals surface area contributed by atoms with Gasteiger partial charge in [0.05, 0.1) is 17.5 Å². The third-order valence-electron chi connectivity index (χ3n) is 3.48. The fourth-order valence-electron chi connectivity index (χ4n) is 2.34. The number of nitro groups is 1. The van der Waals surface area contributed by atoms with E-state index >= 15 is 0 Å². The number of rotatable bonds is 6. The van der Waals surface area contributed by atoms with Gasteiger partial charge in [0.1, 0.15) is 6.54 Å². The second-order valence-electron chi connectivity index (χ2n) is 5.61. The number of carbonyl (C=O) groups excluding carboxylic acids is 1. The second kappa shape index (κ2) is 7.51. The molecule has 1 atom stereocenters. The summed E-state index contributed by atoms with van der Waals surface area (Å²) in [5.41, 5.74) is 2.59. The van der Waals surface area contributed by atoms with Crippen LogP contribution in [0.3, 0.4) is 0 Å². The number of quaternary nitrogens is 1. The van der Waals surface area contributed by atoms with E-state index in [1.165, 1.54) is 6.07 Å². The predicted octanol–water partition coefficient (Wildman–Crippen LogP) is 1.56. The molecule has 0 aliphatic carbocycles. The van der Waals surface area contributed by atoms with Crippen molar-refractivity contribution in [3.05, 3.63) is 69.8 Å². The molecule has 2 N–H and O–H groups in total. The maximum absolute atomic E-state index is 12.1. The van der Waals surface area contributed by atoms with Gasteiger partial charge in [-0.15, -0.1) is 0 Å². The van der Waals surface area contributed by atoms with E-state index < -0.39 is 4.92 Å². The second-order valence-corrected chi connectivity index (χ2v) is 5.61. The molecule has 0 heterocycles. The number of nitro benzene ring substituents is 1. The van der Waals surface area contributed by atoms with Crippen molar-refractivity contribution in [2.75, 3.05) is 18.9 Å². The number of benzene rings is 2. The van der Waals surface area contributed by atoms with Gasteiger partial charge in [0, 0.05) is 11.8 Å². The molecule has 1 amide bonds. The van der Waals surface area contributed by atoms with Crippen LogP contribution < -0.4 is 10.2 Å². The van der Waals surface area contributed by atoms with E-state index in [1.807, 2.05) is 38.2 Å². The zero-order chi connectivity index (χ0) is 16.8.